The first-order valence-electron chi connectivity index (χ1n) is 26.5. The van der Waals surface area contributed by atoms with Gasteiger partial charge in [0.2, 0.25) is 0 Å². The van der Waals surface area contributed by atoms with Crippen LogP contribution in [0.25, 0.3) is 0 Å². The molecular formula is C55H102O5. The number of esters is 2. The van der Waals surface area contributed by atoms with Crippen molar-refractivity contribution in [2.45, 2.75) is 284 Å². The number of hydrogen-bond donors (Lipinski definition) is 0. The van der Waals surface area contributed by atoms with E-state index in [1.807, 2.05) is 0 Å². The van der Waals surface area contributed by atoms with E-state index in [9.17, 15) is 9.59 Å². The first-order chi connectivity index (χ1) is 29.6. The van der Waals surface area contributed by atoms with E-state index in [0.29, 0.717) is 19.4 Å². The molecular weight excluding hydrogens is 741 g/mol. The molecule has 1 unspecified atom stereocenters. The molecule has 0 saturated carbocycles. The minimum Gasteiger partial charge on any atom is -0.462 e. The van der Waals surface area contributed by atoms with Gasteiger partial charge in [0.1, 0.15) is 6.61 Å². The molecule has 0 aromatic carbocycles. The summed E-state index contributed by atoms with van der Waals surface area (Å²) in [6.07, 6.45) is 61.7. The third-order valence-electron chi connectivity index (χ3n) is 11.7. The Hall–Kier alpha value is -1.88. The molecule has 0 heterocycles. The van der Waals surface area contributed by atoms with Crippen LogP contribution in [0.2, 0.25) is 0 Å². The second-order valence-electron chi connectivity index (χ2n) is 17.8. The van der Waals surface area contributed by atoms with Gasteiger partial charge < -0.3 is 14.2 Å². The summed E-state index contributed by atoms with van der Waals surface area (Å²) in [6.45, 7) is 7.73. The highest BCUT2D eigenvalue weighted by Crippen LogP contribution is 2.16. The summed E-state index contributed by atoms with van der Waals surface area (Å²) in [5.41, 5.74) is 0. The lowest BCUT2D eigenvalue weighted by Crippen LogP contribution is -2.30. The Balaban J connectivity index is 4.17. The minimum absolute atomic E-state index is 0.0760. The van der Waals surface area contributed by atoms with Crippen LogP contribution in [0.5, 0.6) is 0 Å². The lowest BCUT2D eigenvalue weighted by molar-refractivity contribution is -0.163. The quantitative estimate of drug-likeness (QED) is 0.0347. The van der Waals surface area contributed by atoms with E-state index >= 15 is 0 Å². The highest BCUT2D eigenvalue weighted by atomic mass is 16.6. The fourth-order valence-corrected chi connectivity index (χ4v) is 7.76. The van der Waals surface area contributed by atoms with Crippen molar-refractivity contribution in [3.63, 3.8) is 0 Å². The van der Waals surface area contributed by atoms with Gasteiger partial charge in [0.25, 0.3) is 0 Å². The maximum atomic E-state index is 12.8. The summed E-state index contributed by atoms with van der Waals surface area (Å²) in [5.74, 6) is -0.417. The highest BCUT2D eigenvalue weighted by Gasteiger charge is 2.17. The zero-order chi connectivity index (χ0) is 43.5. The summed E-state index contributed by atoms with van der Waals surface area (Å²) < 4.78 is 17.4. The highest BCUT2D eigenvalue weighted by molar-refractivity contribution is 5.70. The molecule has 0 radical (unpaired) electrons. The first kappa shape index (κ1) is 58.1. The van der Waals surface area contributed by atoms with Crippen LogP contribution in [-0.2, 0) is 23.8 Å². The molecule has 0 aromatic rings. The number of hydrogen-bond acceptors (Lipinski definition) is 5. The van der Waals surface area contributed by atoms with Gasteiger partial charge >= 0.3 is 11.9 Å². The molecule has 0 aliphatic heterocycles. The lowest BCUT2D eigenvalue weighted by atomic mass is 10.0. The second kappa shape index (κ2) is 51.5. The van der Waals surface area contributed by atoms with Gasteiger partial charge in [0.15, 0.2) is 6.10 Å². The van der Waals surface area contributed by atoms with Crippen LogP contribution < -0.4 is 0 Å². The van der Waals surface area contributed by atoms with Gasteiger partial charge in [-0.15, -0.1) is 0 Å². The number of rotatable bonds is 49. The summed E-state index contributed by atoms with van der Waals surface area (Å²) in [5, 5.41) is 0. The Labute approximate surface area is 374 Å². The molecule has 0 rings (SSSR count). The van der Waals surface area contributed by atoms with Gasteiger partial charge in [-0.2, -0.15) is 0 Å². The molecule has 0 saturated heterocycles. The molecule has 5 heteroatoms. The van der Waals surface area contributed by atoms with E-state index in [-0.39, 0.29) is 25.2 Å². The van der Waals surface area contributed by atoms with Crippen LogP contribution in [0, 0.1) is 0 Å². The molecule has 0 aliphatic rings. The average molecular weight is 843 g/mol. The molecule has 1 atom stereocenters. The van der Waals surface area contributed by atoms with Crippen molar-refractivity contribution in [2.75, 3.05) is 19.8 Å². The SMILES string of the molecule is CC/C=C\C/C=C\C/C=C\CCCCCC(=O)OCC(COCCCCCCCCCCCCCCCCCCCCCC)OC(=O)CCCCCCCCCCCCC. The molecule has 0 bridgehead atoms. The van der Waals surface area contributed by atoms with Crippen molar-refractivity contribution in [1.29, 1.82) is 0 Å². The molecule has 0 fully saturated rings. The Morgan fingerprint density at radius 3 is 1.20 bits per heavy atom. The van der Waals surface area contributed by atoms with E-state index in [0.717, 1.165) is 64.2 Å². The smallest absolute Gasteiger partial charge is 0.306 e. The summed E-state index contributed by atoms with van der Waals surface area (Å²) in [4.78, 5) is 25.3. The molecule has 352 valence electrons. The zero-order valence-electron chi connectivity index (χ0n) is 40.5. The first-order valence-corrected chi connectivity index (χ1v) is 26.5. The van der Waals surface area contributed by atoms with E-state index in [1.165, 1.54) is 180 Å². The molecule has 0 spiro atoms. The monoisotopic (exact) mass is 843 g/mol. The van der Waals surface area contributed by atoms with E-state index in [2.05, 4.69) is 57.2 Å². The Morgan fingerprint density at radius 2 is 0.750 bits per heavy atom. The molecule has 60 heavy (non-hydrogen) atoms. The predicted molar refractivity (Wildman–Crippen MR) is 261 cm³/mol. The number of unbranched alkanes of at least 4 members (excludes halogenated alkanes) is 32. The van der Waals surface area contributed by atoms with Crippen molar-refractivity contribution in [3.8, 4) is 0 Å². The standard InChI is InChI=1S/C55H102O5/c1-4-7-10-13-16-19-22-24-25-26-27-28-29-30-32-35-38-41-44-47-50-58-51-53(60-55(57)49-46-43-40-37-33-21-18-15-12-9-6-3)52-59-54(56)48-45-42-39-36-34-31-23-20-17-14-11-8-5-2/h8,11,17,20,31,34,53H,4-7,9-10,12-16,18-19,21-30,32-33,35-52H2,1-3H3/b11-8-,20-17-,34-31-. The summed E-state index contributed by atoms with van der Waals surface area (Å²) in [6, 6.07) is 0. The van der Waals surface area contributed by atoms with Gasteiger partial charge in [0, 0.05) is 19.4 Å². The summed E-state index contributed by atoms with van der Waals surface area (Å²) in [7, 11) is 0. The maximum absolute atomic E-state index is 12.8. The third-order valence-corrected chi connectivity index (χ3v) is 11.7. The number of ether oxygens (including phenoxy) is 3. The van der Waals surface area contributed by atoms with Gasteiger partial charge in [0.05, 0.1) is 6.61 Å². The average Bonchev–Trinajstić information content (AvgIpc) is 3.25. The number of allylic oxidation sites excluding steroid dienone is 6. The van der Waals surface area contributed by atoms with Crippen molar-refractivity contribution >= 4 is 11.9 Å². The Kier molecular flexibility index (Phi) is 49.9. The molecule has 5 nitrogen and oxygen atoms in total. The Bertz CT molecular complexity index is 955. The lowest BCUT2D eigenvalue weighted by Gasteiger charge is -2.18. The maximum Gasteiger partial charge on any atom is 0.306 e. The minimum atomic E-state index is -0.541. The fourth-order valence-electron chi connectivity index (χ4n) is 7.76. The van der Waals surface area contributed by atoms with Crippen molar-refractivity contribution < 1.29 is 23.8 Å². The van der Waals surface area contributed by atoms with Crippen LogP contribution >= 0.6 is 0 Å². The zero-order valence-corrected chi connectivity index (χ0v) is 40.5. The fraction of sp³-hybridized carbons (Fsp3) is 0.855. The normalized spacial score (nSPS) is 12.4. The van der Waals surface area contributed by atoms with E-state index < -0.39 is 6.10 Å². The largest absolute Gasteiger partial charge is 0.462 e. The van der Waals surface area contributed by atoms with E-state index in [4.69, 9.17) is 14.2 Å². The molecule has 0 amide bonds. The molecule has 0 N–H and O–H groups in total. The van der Waals surface area contributed by atoms with Crippen LogP contribution in [0.4, 0.5) is 0 Å². The van der Waals surface area contributed by atoms with Crippen LogP contribution in [0.1, 0.15) is 278 Å². The van der Waals surface area contributed by atoms with Crippen molar-refractivity contribution in [2.24, 2.45) is 0 Å². The van der Waals surface area contributed by atoms with Gasteiger partial charge in [-0.05, 0) is 51.4 Å². The topological polar surface area (TPSA) is 61.8 Å². The van der Waals surface area contributed by atoms with Crippen molar-refractivity contribution in [1.82, 2.24) is 0 Å². The summed E-state index contributed by atoms with van der Waals surface area (Å²) >= 11 is 0. The predicted octanol–water partition coefficient (Wildman–Crippen LogP) is 17.8. The van der Waals surface area contributed by atoms with Gasteiger partial charge in [-0.1, -0.05) is 250 Å². The van der Waals surface area contributed by atoms with Crippen LogP contribution in [-0.4, -0.2) is 37.9 Å². The van der Waals surface area contributed by atoms with Gasteiger partial charge in [-0.25, -0.2) is 0 Å². The second-order valence-corrected chi connectivity index (χ2v) is 17.8. The molecule has 0 aromatic heterocycles. The van der Waals surface area contributed by atoms with Crippen molar-refractivity contribution in [3.05, 3.63) is 36.5 Å². The third kappa shape index (κ3) is 48.8. The van der Waals surface area contributed by atoms with Crippen LogP contribution in [0.3, 0.4) is 0 Å². The number of carbonyl (C=O) groups is 2. The van der Waals surface area contributed by atoms with E-state index in [1.54, 1.807) is 0 Å². The van der Waals surface area contributed by atoms with Crippen LogP contribution in [0.15, 0.2) is 36.5 Å². The number of carbonyl (C=O) groups excluding carboxylic acids is 2. The Morgan fingerprint density at radius 1 is 0.383 bits per heavy atom. The van der Waals surface area contributed by atoms with Gasteiger partial charge in [-0.3, -0.25) is 9.59 Å². The molecule has 0 aliphatic carbocycles.